The molecule has 122 valence electrons. The van der Waals surface area contributed by atoms with E-state index in [-0.39, 0.29) is 0 Å². The molecule has 0 amide bonds. The van der Waals surface area contributed by atoms with Crippen LogP contribution in [0.1, 0.15) is 26.2 Å². The molecule has 22 heavy (non-hydrogen) atoms. The summed E-state index contributed by atoms with van der Waals surface area (Å²) in [5.41, 5.74) is 8.09. The van der Waals surface area contributed by atoms with Crippen molar-refractivity contribution in [3.8, 4) is 0 Å². The van der Waals surface area contributed by atoms with E-state index in [1.165, 1.54) is 37.9 Å². The number of anilines is 1. The van der Waals surface area contributed by atoms with Gasteiger partial charge in [-0.3, -0.25) is 0 Å². The minimum absolute atomic E-state index is 0.863. The Morgan fingerprint density at radius 3 is 2.82 bits per heavy atom. The van der Waals surface area contributed by atoms with Gasteiger partial charge in [-0.15, -0.1) is 0 Å². The van der Waals surface area contributed by atoms with Crippen molar-refractivity contribution in [3.63, 3.8) is 0 Å². The predicted molar refractivity (Wildman–Crippen MR) is 95.4 cm³/mol. The number of aromatic nitrogens is 1. The highest BCUT2D eigenvalue weighted by Crippen LogP contribution is 2.21. The van der Waals surface area contributed by atoms with Crippen LogP contribution >= 0.6 is 0 Å². The monoisotopic (exact) mass is 303 g/mol. The van der Waals surface area contributed by atoms with Crippen molar-refractivity contribution in [2.24, 2.45) is 0 Å². The highest BCUT2D eigenvalue weighted by molar-refractivity contribution is 5.91. The van der Waals surface area contributed by atoms with Crippen LogP contribution in [0.15, 0.2) is 30.5 Å². The number of nitrogens with two attached hydrogens (primary N) is 1. The van der Waals surface area contributed by atoms with Crippen LogP contribution < -0.4 is 16.0 Å². The Bertz CT molecular complexity index is 561. The van der Waals surface area contributed by atoms with E-state index < -0.39 is 0 Å². The molecule has 1 unspecified atom stereocenters. The zero-order chi connectivity index (χ0) is 15.8. The lowest BCUT2D eigenvalue weighted by atomic mass is 10.2. The summed E-state index contributed by atoms with van der Waals surface area (Å²) >= 11 is 0. The molecular weight excluding hydrogens is 272 g/mol. The van der Waals surface area contributed by atoms with E-state index in [1.807, 2.05) is 12.1 Å². The van der Waals surface area contributed by atoms with Crippen LogP contribution in [0.5, 0.6) is 0 Å². The van der Waals surface area contributed by atoms with Crippen molar-refractivity contribution < 1.29 is 4.90 Å². The van der Waals surface area contributed by atoms with Gasteiger partial charge in [-0.25, -0.2) is 0 Å². The van der Waals surface area contributed by atoms with Gasteiger partial charge in [0.1, 0.15) is 0 Å². The van der Waals surface area contributed by atoms with Gasteiger partial charge in [-0.2, -0.15) is 0 Å². The number of likely N-dealkylation sites (N-methyl/N-ethyl adjacent to an activating group) is 1. The molecule has 0 aliphatic carbocycles. The number of nitrogens with zero attached hydrogens (tertiary/aromatic N) is 1. The minimum Gasteiger partial charge on any atom is -0.398 e. The second kappa shape index (κ2) is 8.81. The highest BCUT2D eigenvalue weighted by atomic mass is 15.1. The zero-order valence-electron chi connectivity index (χ0n) is 14.1. The number of rotatable bonds is 10. The summed E-state index contributed by atoms with van der Waals surface area (Å²) in [4.78, 5) is 1.63. The molecule has 2 aromatic rings. The molecular formula is C18H31N4+. The molecule has 0 aliphatic rings. The Hall–Kier alpha value is -1.52. The third-order valence-corrected chi connectivity index (χ3v) is 4.31. The lowest BCUT2D eigenvalue weighted by Crippen LogP contribution is -3.09. The number of benzene rings is 1. The van der Waals surface area contributed by atoms with Crippen LogP contribution in [0.25, 0.3) is 10.9 Å². The quantitative estimate of drug-likeness (QED) is 0.460. The van der Waals surface area contributed by atoms with Crippen LogP contribution in [-0.4, -0.2) is 37.8 Å². The SMILES string of the molecule is CCCCC[NH+](C)CCNCCn1ccc2c(N)cccc21. The van der Waals surface area contributed by atoms with Crippen LogP contribution in [0.2, 0.25) is 0 Å². The van der Waals surface area contributed by atoms with Crippen LogP contribution in [0.4, 0.5) is 5.69 Å². The Morgan fingerprint density at radius 2 is 2.00 bits per heavy atom. The van der Waals surface area contributed by atoms with E-state index in [4.69, 9.17) is 5.73 Å². The minimum atomic E-state index is 0.863. The second-order valence-electron chi connectivity index (χ2n) is 6.20. The van der Waals surface area contributed by atoms with E-state index in [2.05, 4.69) is 42.2 Å². The maximum absolute atomic E-state index is 6.00. The zero-order valence-corrected chi connectivity index (χ0v) is 14.1. The van der Waals surface area contributed by atoms with Crippen molar-refractivity contribution in [1.29, 1.82) is 0 Å². The Morgan fingerprint density at radius 1 is 1.14 bits per heavy atom. The summed E-state index contributed by atoms with van der Waals surface area (Å²) in [5, 5.41) is 4.71. The van der Waals surface area contributed by atoms with E-state index in [0.29, 0.717) is 0 Å². The van der Waals surface area contributed by atoms with E-state index in [0.717, 1.165) is 30.7 Å². The van der Waals surface area contributed by atoms with E-state index in [1.54, 1.807) is 4.90 Å². The van der Waals surface area contributed by atoms with Crippen LogP contribution in [0, 0.1) is 0 Å². The Labute approximate surface area is 134 Å². The molecule has 0 bridgehead atoms. The summed E-state index contributed by atoms with van der Waals surface area (Å²) in [7, 11) is 2.29. The molecule has 1 heterocycles. The average molecular weight is 303 g/mol. The first-order chi connectivity index (χ1) is 10.7. The third-order valence-electron chi connectivity index (χ3n) is 4.31. The highest BCUT2D eigenvalue weighted by Gasteiger charge is 2.03. The number of nitrogen functional groups attached to an aromatic ring is 1. The molecule has 0 saturated heterocycles. The van der Waals surface area contributed by atoms with Gasteiger partial charge in [-0.1, -0.05) is 19.4 Å². The van der Waals surface area contributed by atoms with Crippen molar-refractivity contribution >= 4 is 16.6 Å². The van der Waals surface area contributed by atoms with Gasteiger partial charge in [0.25, 0.3) is 0 Å². The van der Waals surface area contributed by atoms with Gasteiger partial charge in [0.2, 0.25) is 0 Å². The standard InChI is InChI=1S/C18H30N4/c1-3-4-5-12-21(2)14-10-20-11-15-22-13-9-16-17(19)7-6-8-18(16)22/h6-9,13,20H,3-5,10-12,14-15,19H2,1-2H3/p+1. The van der Waals surface area contributed by atoms with Gasteiger partial charge in [0.15, 0.2) is 0 Å². The Balaban J connectivity index is 1.67. The van der Waals surface area contributed by atoms with Gasteiger partial charge in [0.05, 0.1) is 25.7 Å². The second-order valence-corrected chi connectivity index (χ2v) is 6.20. The van der Waals surface area contributed by atoms with Crippen molar-refractivity contribution in [3.05, 3.63) is 30.5 Å². The topological polar surface area (TPSA) is 47.4 Å². The summed E-state index contributed by atoms with van der Waals surface area (Å²) in [6.07, 6.45) is 6.14. The number of fused-ring (bicyclic) bond motifs is 1. The normalized spacial score (nSPS) is 12.8. The first-order valence-corrected chi connectivity index (χ1v) is 8.57. The molecule has 0 fully saturated rings. The molecule has 1 aromatic carbocycles. The van der Waals surface area contributed by atoms with Gasteiger partial charge in [-0.05, 0) is 31.0 Å². The maximum Gasteiger partial charge on any atom is 0.0895 e. The molecule has 4 heteroatoms. The van der Waals surface area contributed by atoms with Gasteiger partial charge in [0, 0.05) is 36.9 Å². The molecule has 0 saturated carbocycles. The molecule has 2 rings (SSSR count). The molecule has 0 aliphatic heterocycles. The van der Waals surface area contributed by atoms with Crippen molar-refractivity contribution in [1.82, 2.24) is 9.88 Å². The predicted octanol–water partition coefficient (Wildman–Crippen LogP) is 1.52. The smallest absolute Gasteiger partial charge is 0.0895 e. The van der Waals surface area contributed by atoms with Gasteiger partial charge < -0.3 is 20.5 Å². The summed E-state index contributed by atoms with van der Waals surface area (Å²) in [5.74, 6) is 0. The van der Waals surface area contributed by atoms with Crippen molar-refractivity contribution in [2.75, 3.05) is 39.0 Å². The number of hydrogen-bond donors (Lipinski definition) is 3. The number of nitrogens with one attached hydrogen (secondary N) is 2. The molecule has 1 aromatic heterocycles. The largest absolute Gasteiger partial charge is 0.398 e. The van der Waals surface area contributed by atoms with Gasteiger partial charge >= 0.3 is 0 Å². The fourth-order valence-electron chi connectivity index (χ4n) is 2.87. The number of hydrogen-bond acceptors (Lipinski definition) is 2. The molecule has 1 atom stereocenters. The summed E-state index contributed by atoms with van der Waals surface area (Å²) < 4.78 is 2.27. The molecule has 4 nitrogen and oxygen atoms in total. The number of quaternary nitrogens is 1. The molecule has 0 radical (unpaired) electrons. The lowest BCUT2D eigenvalue weighted by molar-refractivity contribution is -0.878. The first-order valence-electron chi connectivity index (χ1n) is 8.57. The lowest BCUT2D eigenvalue weighted by Gasteiger charge is -2.14. The maximum atomic E-state index is 6.00. The van der Waals surface area contributed by atoms with E-state index >= 15 is 0 Å². The summed E-state index contributed by atoms with van der Waals surface area (Å²) in [6, 6.07) is 8.23. The fraction of sp³-hybridized carbons (Fsp3) is 0.556. The molecule has 0 spiro atoms. The Kier molecular flexibility index (Phi) is 6.74. The third kappa shape index (κ3) is 4.75. The average Bonchev–Trinajstić information content (AvgIpc) is 2.92. The number of unbranched alkanes of at least 4 members (excludes halogenated alkanes) is 2. The molecule has 4 N–H and O–H groups in total. The van der Waals surface area contributed by atoms with Crippen LogP contribution in [0.3, 0.4) is 0 Å². The van der Waals surface area contributed by atoms with E-state index in [9.17, 15) is 0 Å². The van der Waals surface area contributed by atoms with Crippen molar-refractivity contribution in [2.45, 2.75) is 32.7 Å². The fourth-order valence-corrected chi connectivity index (χ4v) is 2.87. The first kappa shape index (κ1) is 16.8. The summed E-state index contributed by atoms with van der Waals surface area (Å²) in [6.45, 7) is 7.82. The van der Waals surface area contributed by atoms with Crippen LogP contribution in [-0.2, 0) is 6.54 Å².